The van der Waals surface area contributed by atoms with E-state index in [1.165, 1.54) is 17.0 Å². The summed E-state index contributed by atoms with van der Waals surface area (Å²) in [6.07, 6.45) is 1.31. The predicted octanol–water partition coefficient (Wildman–Crippen LogP) is 3.31. The second-order valence-corrected chi connectivity index (χ2v) is 12.2. The fourth-order valence-electron chi connectivity index (χ4n) is 4.62. The molecule has 6 N–H and O–H groups in total. The van der Waals surface area contributed by atoms with Crippen molar-refractivity contribution in [2.24, 2.45) is 16.5 Å². The molecular formula is C33H41N5O8S. The average Bonchev–Trinajstić information content (AvgIpc) is 3.55. The Morgan fingerprint density at radius 1 is 0.936 bits per heavy atom. The van der Waals surface area contributed by atoms with Crippen molar-refractivity contribution in [1.82, 2.24) is 10.2 Å². The summed E-state index contributed by atoms with van der Waals surface area (Å²) in [5.74, 6) is -1.03. The highest BCUT2D eigenvalue weighted by molar-refractivity contribution is 7.85. The molecule has 0 bridgehead atoms. The highest BCUT2D eigenvalue weighted by atomic mass is 32.2. The fourth-order valence-corrected chi connectivity index (χ4v) is 5.10. The van der Waals surface area contributed by atoms with Crippen molar-refractivity contribution in [1.29, 1.82) is 0 Å². The number of hydrogen-bond acceptors (Lipinski definition) is 8. The zero-order valence-corrected chi connectivity index (χ0v) is 27.0. The molecule has 3 aromatic rings. The maximum atomic E-state index is 13.1. The second kappa shape index (κ2) is 18.3. The Labute approximate surface area is 274 Å². The van der Waals surface area contributed by atoms with Crippen LogP contribution < -0.4 is 16.8 Å². The normalized spacial score (nSPS) is 14.6. The van der Waals surface area contributed by atoms with Crippen LogP contribution in [-0.4, -0.2) is 67.0 Å². The summed E-state index contributed by atoms with van der Waals surface area (Å²) in [5, 5.41) is 2.77. The lowest BCUT2D eigenvalue weighted by molar-refractivity contribution is -0.149. The number of carbonyl (C=O) groups is 3. The van der Waals surface area contributed by atoms with E-state index in [0.29, 0.717) is 32.4 Å². The molecule has 0 saturated carbocycles. The first-order valence-electron chi connectivity index (χ1n) is 15.0. The monoisotopic (exact) mass is 667 g/mol. The lowest BCUT2D eigenvalue weighted by atomic mass is 10.1. The van der Waals surface area contributed by atoms with Crippen LogP contribution in [0.5, 0.6) is 0 Å². The molecule has 1 heterocycles. The van der Waals surface area contributed by atoms with Crippen molar-refractivity contribution < 1.29 is 36.8 Å². The van der Waals surface area contributed by atoms with Gasteiger partial charge in [0.15, 0.2) is 5.96 Å². The largest absolute Gasteiger partial charge is 0.459 e. The molecule has 4 rings (SSSR count). The van der Waals surface area contributed by atoms with Crippen molar-refractivity contribution in [2.75, 3.05) is 13.1 Å². The van der Waals surface area contributed by atoms with Crippen LogP contribution in [0.2, 0.25) is 0 Å². The van der Waals surface area contributed by atoms with Crippen LogP contribution in [0.15, 0.2) is 94.8 Å². The number of amides is 2. The van der Waals surface area contributed by atoms with Crippen LogP contribution in [0.25, 0.3) is 0 Å². The van der Waals surface area contributed by atoms with Crippen LogP contribution in [-0.2, 0) is 42.4 Å². The van der Waals surface area contributed by atoms with Crippen LogP contribution >= 0.6 is 0 Å². The summed E-state index contributed by atoms with van der Waals surface area (Å²) < 4.78 is 40.4. The molecule has 1 unspecified atom stereocenters. The third kappa shape index (κ3) is 12.8. The molecule has 13 nitrogen and oxygen atoms in total. The number of carbonyl (C=O) groups excluding carboxylic acids is 3. The molecule has 1 fully saturated rings. The topological polar surface area (TPSA) is 204 Å². The predicted molar refractivity (Wildman–Crippen MR) is 175 cm³/mol. The third-order valence-electron chi connectivity index (χ3n) is 7.08. The number of nitrogens with one attached hydrogen (secondary N) is 1. The Morgan fingerprint density at radius 3 is 2.06 bits per heavy atom. The second-order valence-electron chi connectivity index (χ2n) is 10.8. The van der Waals surface area contributed by atoms with E-state index >= 15 is 0 Å². The summed E-state index contributed by atoms with van der Waals surface area (Å²) in [7, 11) is -4.02. The maximum absolute atomic E-state index is 13.1. The van der Waals surface area contributed by atoms with Gasteiger partial charge in [0.05, 0.1) is 4.90 Å². The minimum Gasteiger partial charge on any atom is -0.459 e. The highest BCUT2D eigenvalue weighted by Crippen LogP contribution is 2.20. The van der Waals surface area contributed by atoms with E-state index in [1.807, 2.05) is 67.6 Å². The zero-order valence-electron chi connectivity index (χ0n) is 26.2. The van der Waals surface area contributed by atoms with Gasteiger partial charge < -0.3 is 26.3 Å². The van der Waals surface area contributed by atoms with Gasteiger partial charge in [-0.15, -0.1) is 0 Å². The van der Waals surface area contributed by atoms with E-state index in [1.54, 1.807) is 12.1 Å². The molecule has 47 heavy (non-hydrogen) atoms. The zero-order chi connectivity index (χ0) is 34.2. The number of nitrogens with zero attached hydrogens (tertiary/aromatic N) is 2. The van der Waals surface area contributed by atoms with Gasteiger partial charge in [-0.05, 0) is 55.9 Å². The van der Waals surface area contributed by atoms with Gasteiger partial charge in [0.1, 0.15) is 25.3 Å². The van der Waals surface area contributed by atoms with E-state index in [2.05, 4.69) is 10.3 Å². The molecule has 1 saturated heterocycles. The van der Waals surface area contributed by atoms with E-state index in [4.69, 9.17) is 25.5 Å². The van der Waals surface area contributed by atoms with Gasteiger partial charge in [0, 0.05) is 13.1 Å². The van der Waals surface area contributed by atoms with Gasteiger partial charge in [0.25, 0.3) is 10.1 Å². The quantitative estimate of drug-likeness (QED) is 0.0729. The number of ether oxygens (including phenoxy) is 2. The molecular weight excluding hydrogens is 626 g/mol. The van der Waals surface area contributed by atoms with Gasteiger partial charge in [-0.3, -0.25) is 19.2 Å². The lowest BCUT2D eigenvalue weighted by Crippen LogP contribution is -2.51. The van der Waals surface area contributed by atoms with Crippen LogP contribution in [0.1, 0.15) is 42.4 Å². The summed E-state index contributed by atoms with van der Waals surface area (Å²) in [6, 6.07) is 22.9. The number of likely N-dealkylation sites (tertiary alicyclic amines) is 1. The molecule has 0 aliphatic carbocycles. The Balaban J connectivity index is 0.000000461. The lowest BCUT2D eigenvalue weighted by Gasteiger charge is -2.25. The van der Waals surface area contributed by atoms with Crippen LogP contribution in [0, 0.1) is 6.92 Å². The summed E-state index contributed by atoms with van der Waals surface area (Å²) in [6.45, 7) is 2.75. The number of esters is 1. The van der Waals surface area contributed by atoms with E-state index < -0.39 is 40.2 Å². The Hall–Kier alpha value is -4.95. The minimum atomic E-state index is -4.02. The van der Waals surface area contributed by atoms with Gasteiger partial charge in [-0.1, -0.05) is 78.4 Å². The average molecular weight is 668 g/mol. The molecule has 0 aromatic heterocycles. The number of hydrogen-bond donors (Lipinski definition) is 4. The van der Waals surface area contributed by atoms with Crippen LogP contribution in [0.3, 0.4) is 0 Å². The Kier molecular flexibility index (Phi) is 14.2. The SMILES string of the molecule is Cc1ccc(S(=O)(=O)O)cc1.NC(N)=NCCC[C@H](NC(=O)C1CCCN1C(=O)OCc1ccccc1)C(=O)OCc1ccccc1. The first-order valence-corrected chi connectivity index (χ1v) is 16.5. The summed E-state index contributed by atoms with van der Waals surface area (Å²) in [5.41, 5.74) is 13.4. The standard InChI is InChI=1S/C26H33N5O5.C7H8O3S/c27-25(28)29-15-7-13-21(24(33)35-17-19-9-3-1-4-10-19)30-23(32)22-14-8-16-31(22)26(34)36-18-20-11-5-2-6-12-20;1-6-2-4-7(5-3-6)11(8,9)10/h1-6,9-12,21-22H,7-8,13-18H2,(H,30,32)(H4,27,28,29);2-5H,1H3,(H,8,9,10)/t21-,22?;/m0./s1. The van der Waals surface area contributed by atoms with Crippen molar-refractivity contribution in [3.8, 4) is 0 Å². The molecule has 1 aliphatic rings. The van der Waals surface area contributed by atoms with E-state index in [-0.39, 0.29) is 30.5 Å². The highest BCUT2D eigenvalue weighted by Gasteiger charge is 2.37. The van der Waals surface area contributed by atoms with Gasteiger partial charge in [-0.2, -0.15) is 8.42 Å². The molecule has 2 amide bonds. The molecule has 2 atom stereocenters. The first-order chi connectivity index (χ1) is 22.4. The number of aryl methyl sites for hydroxylation is 1. The van der Waals surface area contributed by atoms with Gasteiger partial charge >= 0.3 is 12.1 Å². The number of guanidine groups is 1. The van der Waals surface area contributed by atoms with Crippen molar-refractivity contribution in [3.05, 3.63) is 102 Å². The van der Waals surface area contributed by atoms with Crippen LogP contribution in [0.4, 0.5) is 4.79 Å². The molecule has 252 valence electrons. The van der Waals surface area contributed by atoms with Crippen molar-refractivity contribution >= 4 is 34.0 Å². The van der Waals surface area contributed by atoms with Gasteiger partial charge in [0.2, 0.25) is 5.91 Å². The fraction of sp³-hybridized carbons (Fsp3) is 0.333. The molecule has 14 heteroatoms. The smallest absolute Gasteiger partial charge is 0.410 e. The molecule has 0 spiro atoms. The summed E-state index contributed by atoms with van der Waals surface area (Å²) in [4.78, 5) is 43.9. The van der Waals surface area contributed by atoms with Crippen molar-refractivity contribution in [3.63, 3.8) is 0 Å². The molecule has 3 aromatic carbocycles. The molecule has 1 aliphatic heterocycles. The Morgan fingerprint density at radius 2 is 1.51 bits per heavy atom. The Bertz CT molecular complexity index is 1580. The van der Waals surface area contributed by atoms with Gasteiger partial charge in [-0.25, -0.2) is 9.59 Å². The summed E-state index contributed by atoms with van der Waals surface area (Å²) >= 11 is 0. The number of rotatable bonds is 12. The van der Waals surface area contributed by atoms with Crippen molar-refractivity contribution in [2.45, 2.75) is 62.8 Å². The number of aliphatic imine (C=N–C) groups is 1. The number of benzene rings is 3. The van der Waals surface area contributed by atoms with E-state index in [9.17, 15) is 22.8 Å². The van der Waals surface area contributed by atoms with E-state index in [0.717, 1.165) is 16.7 Å². The maximum Gasteiger partial charge on any atom is 0.410 e. The number of nitrogens with two attached hydrogens (primary N) is 2. The minimum absolute atomic E-state index is 0.0437. The first kappa shape index (κ1) is 36.5. The third-order valence-corrected chi connectivity index (χ3v) is 7.95. The molecule has 0 radical (unpaired) electrons.